The van der Waals surface area contributed by atoms with E-state index in [2.05, 4.69) is 263 Å². The van der Waals surface area contributed by atoms with Crippen LogP contribution in [0, 0.1) is 0 Å². The number of hydrogen-bond acceptors (Lipinski definition) is 1. The lowest BCUT2D eigenvalue weighted by Crippen LogP contribution is -2.10. The lowest BCUT2D eigenvalue weighted by atomic mass is 10.0. The summed E-state index contributed by atoms with van der Waals surface area (Å²) in [6.07, 6.45) is 0. The Labute approximate surface area is 366 Å². The number of benzene rings is 10. The maximum atomic E-state index is 2.41. The third kappa shape index (κ3) is 6.38. The van der Waals surface area contributed by atoms with Crippen molar-refractivity contribution in [1.82, 2.24) is 9.13 Å². The Balaban J connectivity index is 0.928. The highest BCUT2D eigenvalue weighted by Crippen LogP contribution is 2.41. The van der Waals surface area contributed by atoms with Crippen LogP contribution in [0.5, 0.6) is 0 Å². The quantitative estimate of drug-likeness (QED) is 0.149. The van der Waals surface area contributed by atoms with Crippen LogP contribution in [0.3, 0.4) is 0 Å². The molecule has 2 heterocycles. The molecule has 3 heteroatoms. The van der Waals surface area contributed by atoms with Crippen LogP contribution in [-0.4, -0.2) is 9.13 Å². The van der Waals surface area contributed by atoms with Crippen molar-refractivity contribution in [2.24, 2.45) is 0 Å². The van der Waals surface area contributed by atoms with Gasteiger partial charge in [0.2, 0.25) is 0 Å². The fraction of sp³-hybridized carbons (Fsp3) is 0. The summed E-state index contributed by atoms with van der Waals surface area (Å²) in [6, 6.07) is 90.0. The van der Waals surface area contributed by atoms with Crippen molar-refractivity contribution < 1.29 is 0 Å². The molecule has 0 saturated carbocycles. The van der Waals surface area contributed by atoms with E-state index >= 15 is 0 Å². The number of fused-ring (bicyclic) bond motifs is 6. The second kappa shape index (κ2) is 15.3. The Bertz CT molecular complexity index is 3470. The molecule has 12 rings (SSSR count). The van der Waals surface area contributed by atoms with Gasteiger partial charge in [-0.2, -0.15) is 0 Å². The van der Waals surface area contributed by atoms with Crippen LogP contribution in [0.4, 0.5) is 17.1 Å². The van der Waals surface area contributed by atoms with E-state index in [0.717, 1.165) is 22.7 Å². The zero-order valence-electron chi connectivity index (χ0n) is 34.5. The fourth-order valence-electron chi connectivity index (χ4n) is 9.51. The molecule has 0 N–H and O–H groups in total. The van der Waals surface area contributed by atoms with Gasteiger partial charge in [-0.1, -0.05) is 146 Å². The molecular weight excluding hydrogens is 763 g/mol. The van der Waals surface area contributed by atoms with Gasteiger partial charge < -0.3 is 14.0 Å². The summed E-state index contributed by atoms with van der Waals surface area (Å²) < 4.78 is 4.78. The third-order valence-corrected chi connectivity index (χ3v) is 12.5. The van der Waals surface area contributed by atoms with Crippen LogP contribution in [0.1, 0.15) is 0 Å². The van der Waals surface area contributed by atoms with E-state index in [0.29, 0.717) is 0 Å². The number of nitrogens with zero attached hydrogens (tertiary/aromatic N) is 3. The van der Waals surface area contributed by atoms with Gasteiger partial charge in [-0.05, 0) is 137 Å². The van der Waals surface area contributed by atoms with Crippen LogP contribution in [0.2, 0.25) is 0 Å². The average Bonchev–Trinajstić information content (AvgIpc) is 3.87. The Morgan fingerprint density at radius 2 is 0.556 bits per heavy atom. The van der Waals surface area contributed by atoms with Crippen molar-refractivity contribution in [1.29, 1.82) is 0 Å². The molecule has 0 fully saturated rings. The standard InChI is InChI=1S/C60H41N3/c1-5-15-42(16-6-1)45-27-37-59-55(40-45)56-41-46(43-17-7-2-8-18-43)28-38-60(56)63(59)52-34-32-51(33-35-52)61(48-19-9-3-10-20-48)50-30-25-44(26-31-50)47-29-36-58-54(39-47)53-23-13-14-24-57(53)62(58)49-21-11-4-12-22-49/h1-41H. The maximum absolute atomic E-state index is 2.41. The Morgan fingerprint density at radius 3 is 1.06 bits per heavy atom. The summed E-state index contributed by atoms with van der Waals surface area (Å²) in [5.41, 5.74) is 17.6. The third-order valence-electron chi connectivity index (χ3n) is 12.5. The van der Waals surface area contributed by atoms with Gasteiger partial charge in [0.25, 0.3) is 0 Å². The number of rotatable bonds is 8. The summed E-state index contributed by atoms with van der Waals surface area (Å²) >= 11 is 0. The summed E-state index contributed by atoms with van der Waals surface area (Å²) in [4.78, 5) is 2.34. The zero-order chi connectivity index (χ0) is 41.7. The second-order valence-electron chi connectivity index (χ2n) is 16.2. The predicted octanol–water partition coefficient (Wildman–Crippen LogP) is 16.4. The molecule has 0 saturated heterocycles. The molecule has 0 unspecified atom stereocenters. The van der Waals surface area contributed by atoms with Crippen molar-refractivity contribution in [2.75, 3.05) is 4.90 Å². The largest absolute Gasteiger partial charge is 0.311 e. The van der Waals surface area contributed by atoms with Crippen LogP contribution < -0.4 is 4.90 Å². The van der Waals surface area contributed by atoms with Gasteiger partial charge in [0.1, 0.15) is 0 Å². The molecule has 2 aromatic heterocycles. The van der Waals surface area contributed by atoms with Gasteiger partial charge >= 0.3 is 0 Å². The van der Waals surface area contributed by atoms with Gasteiger partial charge in [0.05, 0.1) is 22.1 Å². The molecule has 0 bridgehead atoms. The minimum Gasteiger partial charge on any atom is -0.311 e. The molecular formula is C60H41N3. The summed E-state index contributed by atoms with van der Waals surface area (Å²) in [6.45, 7) is 0. The first kappa shape index (κ1) is 36.5. The molecule has 10 aromatic carbocycles. The highest BCUT2D eigenvalue weighted by Gasteiger charge is 2.18. The van der Waals surface area contributed by atoms with Crippen LogP contribution in [0.15, 0.2) is 249 Å². The van der Waals surface area contributed by atoms with E-state index in [4.69, 9.17) is 0 Å². The molecule has 0 radical (unpaired) electrons. The lowest BCUT2D eigenvalue weighted by Gasteiger charge is -2.26. The first-order valence-electron chi connectivity index (χ1n) is 21.6. The Kier molecular flexibility index (Phi) is 8.83. The molecule has 12 aromatic rings. The molecule has 0 atom stereocenters. The maximum Gasteiger partial charge on any atom is 0.0541 e. The molecule has 0 aliphatic carbocycles. The van der Waals surface area contributed by atoms with E-state index in [-0.39, 0.29) is 0 Å². The van der Waals surface area contributed by atoms with Crippen LogP contribution in [0.25, 0.3) is 88.4 Å². The van der Waals surface area contributed by atoms with Gasteiger partial charge in [0, 0.05) is 50.0 Å². The molecule has 0 aliphatic heterocycles. The number of anilines is 3. The molecule has 0 amide bonds. The molecule has 3 nitrogen and oxygen atoms in total. The Morgan fingerprint density at radius 1 is 0.222 bits per heavy atom. The fourth-order valence-corrected chi connectivity index (χ4v) is 9.51. The van der Waals surface area contributed by atoms with Crippen molar-refractivity contribution in [3.8, 4) is 44.8 Å². The van der Waals surface area contributed by atoms with Crippen LogP contribution in [-0.2, 0) is 0 Å². The molecule has 0 aliphatic rings. The van der Waals surface area contributed by atoms with Gasteiger partial charge in [-0.15, -0.1) is 0 Å². The monoisotopic (exact) mass is 803 g/mol. The summed E-state index contributed by atoms with van der Waals surface area (Å²) in [5, 5.41) is 4.97. The minimum absolute atomic E-state index is 1.09. The van der Waals surface area contributed by atoms with Crippen molar-refractivity contribution in [2.45, 2.75) is 0 Å². The van der Waals surface area contributed by atoms with Crippen molar-refractivity contribution in [3.05, 3.63) is 249 Å². The molecule has 296 valence electrons. The van der Waals surface area contributed by atoms with Gasteiger partial charge in [-0.3, -0.25) is 0 Å². The van der Waals surface area contributed by atoms with E-state index in [9.17, 15) is 0 Å². The number of para-hydroxylation sites is 3. The Hall–Kier alpha value is -8.40. The predicted molar refractivity (Wildman–Crippen MR) is 266 cm³/mol. The highest BCUT2D eigenvalue weighted by atomic mass is 15.1. The zero-order valence-corrected chi connectivity index (χ0v) is 34.5. The average molecular weight is 804 g/mol. The van der Waals surface area contributed by atoms with Gasteiger partial charge in [0.15, 0.2) is 0 Å². The van der Waals surface area contributed by atoms with E-state index < -0.39 is 0 Å². The van der Waals surface area contributed by atoms with Crippen LogP contribution >= 0.6 is 0 Å². The number of hydrogen-bond donors (Lipinski definition) is 0. The minimum atomic E-state index is 1.09. The van der Waals surface area contributed by atoms with Crippen molar-refractivity contribution in [3.63, 3.8) is 0 Å². The van der Waals surface area contributed by atoms with E-state index in [1.54, 1.807) is 0 Å². The first-order chi connectivity index (χ1) is 31.2. The molecule has 63 heavy (non-hydrogen) atoms. The molecule has 0 spiro atoms. The smallest absolute Gasteiger partial charge is 0.0541 e. The van der Waals surface area contributed by atoms with E-state index in [1.807, 2.05) is 0 Å². The second-order valence-corrected chi connectivity index (χ2v) is 16.2. The summed E-state index contributed by atoms with van der Waals surface area (Å²) in [5.74, 6) is 0. The topological polar surface area (TPSA) is 13.1 Å². The van der Waals surface area contributed by atoms with E-state index in [1.165, 1.54) is 82.7 Å². The van der Waals surface area contributed by atoms with Gasteiger partial charge in [-0.25, -0.2) is 0 Å². The normalized spacial score (nSPS) is 11.5. The SMILES string of the molecule is c1ccc(-c2ccc3c(c2)c2cc(-c4ccccc4)ccc2n3-c2ccc(N(c3ccccc3)c3ccc(-c4ccc5c(c4)c4ccccc4n5-c4ccccc4)cc3)cc2)cc1. The van der Waals surface area contributed by atoms with Crippen molar-refractivity contribution >= 4 is 60.7 Å². The summed E-state index contributed by atoms with van der Waals surface area (Å²) in [7, 11) is 0. The lowest BCUT2D eigenvalue weighted by molar-refractivity contribution is 1.17. The number of aromatic nitrogens is 2. The highest BCUT2D eigenvalue weighted by molar-refractivity contribution is 6.12. The first-order valence-corrected chi connectivity index (χ1v) is 21.6.